The second kappa shape index (κ2) is 3.93. The standard InChI is InChI=1S/C7H9N3.ClH/c1-5-2-3-6(7(8)9)10-4-5;/h2-4H,1H3,(H3,8,9);1H. The Morgan fingerprint density at radius 2 is 2.18 bits per heavy atom. The van der Waals surface area contributed by atoms with Crippen LogP contribution in [-0.2, 0) is 0 Å². The van der Waals surface area contributed by atoms with Crippen LogP contribution >= 0.6 is 12.4 Å². The van der Waals surface area contributed by atoms with Gasteiger partial charge in [-0.25, -0.2) is 0 Å². The first-order chi connectivity index (χ1) is 4.70. The number of nitrogens with zero attached hydrogens (tertiary/aromatic N) is 1. The number of nitrogen functional groups attached to an aromatic ring is 1. The van der Waals surface area contributed by atoms with Crippen molar-refractivity contribution in [1.29, 1.82) is 5.41 Å². The Hall–Kier alpha value is -1.09. The summed E-state index contributed by atoms with van der Waals surface area (Å²) in [6.45, 7) is 1.94. The molecule has 0 bridgehead atoms. The fourth-order valence-corrected chi connectivity index (χ4v) is 0.627. The molecule has 11 heavy (non-hydrogen) atoms. The molecule has 4 heteroatoms. The second-order valence-electron chi connectivity index (χ2n) is 2.13. The Morgan fingerprint density at radius 3 is 2.55 bits per heavy atom. The molecule has 0 atom stereocenters. The highest BCUT2D eigenvalue weighted by Crippen LogP contribution is 1.96. The van der Waals surface area contributed by atoms with E-state index in [1.807, 2.05) is 13.0 Å². The normalized spacial score (nSPS) is 8.45. The molecule has 1 heterocycles. The number of rotatable bonds is 1. The lowest BCUT2D eigenvalue weighted by Crippen LogP contribution is -2.12. The number of aromatic nitrogens is 1. The molecule has 0 radical (unpaired) electrons. The zero-order chi connectivity index (χ0) is 7.56. The molecular weight excluding hydrogens is 162 g/mol. The van der Waals surface area contributed by atoms with E-state index < -0.39 is 0 Å². The molecule has 0 unspecified atom stereocenters. The van der Waals surface area contributed by atoms with Gasteiger partial charge in [0.05, 0.1) is 0 Å². The monoisotopic (exact) mass is 171 g/mol. The number of amidine groups is 1. The molecule has 1 aromatic rings. The Morgan fingerprint density at radius 1 is 1.55 bits per heavy atom. The molecule has 0 fully saturated rings. The molecule has 60 valence electrons. The number of halogens is 1. The van der Waals surface area contributed by atoms with E-state index in [1.165, 1.54) is 0 Å². The average Bonchev–Trinajstić information content (AvgIpc) is 1.88. The number of nitrogens with one attached hydrogen (secondary N) is 1. The predicted molar refractivity (Wildman–Crippen MR) is 47.2 cm³/mol. The summed E-state index contributed by atoms with van der Waals surface area (Å²) in [5.41, 5.74) is 6.79. The topological polar surface area (TPSA) is 62.8 Å². The van der Waals surface area contributed by atoms with Crippen LogP contribution in [0.3, 0.4) is 0 Å². The van der Waals surface area contributed by atoms with Crippen LogP contribution in [0.25, 0.3) is 0 Å². The van der Waals surface area contributed by atoms with E-state index in [9.17, 15) is 0 Å². The summed E-state index contributed by atoms with van der Waals surface area (Å²) < 4.78 is 0. The molecule has 0 saturated heterocycles. The Kier molecular flexibility index (Phi) is 3.54. The molecule has 0 saturated carbocycles. The Bertz CT molecular complexity index is 242. The van der Waals surface area contributed by atoms with E-state index >= 15 is 0 Å². The summed E-state index contributed by atoms with van der Waals surface area (Å²) in [7, 11) is 0. The second-order valence-corrected chi connectivity index (χ2v) is 2.13. The highest BCUT2D eigenvalue weighted by Gasteiger charge is 1.94. The lowest BCUT2D eigenvalue weighted by Gasteiger charge is -1.95. The van der Waals surface area contributed by atoms with Gasteiger partial charge in [-0.1, -0.05) is 6.07 Å². The van der Waals surface area contributed by atoms with Crippen LogP contribution in [-0.4, -0.2) is 10.8 Å². The first-order valence-electron chi connectivity index (χ1n) is 2.97. The van der Waals surface area contributed by atoms with Crippen molar-refractivity contribution in [2.75, 3.05) is 0 Å². The third-order valence-electron chi connectivity index (χ3n) is 1.19. The van der Waals surface area contributed by atoms with Gasteiger partial charge in [0.2, 0.25) is 0 Å². The maximum atomic E-state index is 7.02. The molecule has 1 rings (SSSR count). The summed E-state index contributed by atoms with van der Waals surface area (Å²) in [4.78, 5) is 3.93. The van der Waals surface area contributed by atoms with Crippen LogP contribution in [0.5, 0.6) is 0 Å². The highest BCUT2D eigenvalue weighted by molar-refractivity contribution is 5.92. The predicted octanol–water partition coefficient (Wildman–Crippen LogP) is 1.10. The van der Waals surface area contributed by atoms with Gasteiger partial charge < -0.3 is 5.73 Å². The van der Waals surface area contributed by atoms with Crippen molar-refractivity contribution >= 4 is 18.2 Å². The van der Waals surface area contributed by atoms with Gasteiger partial charge >= 0.3 is 0 Å². The van der Waals surface area contributed by atoms with Crippen LogP contribution in [0.2, 0.25) is 0 Å². The minimum atomic E-state index is 0. The third kappa shape index (κ3) is 2.55. The number of nitrogens with two attached hydrogens (primary N) is 1. The molecule has 0 amide bonds. The lowest BCUT2D eigenvalue weighted by atomic mass is 10.3. The maximum absolute atomic E-state index is 7.02. The zero-order valence-electron chi connectivity index (χ0n) is 6.16. The minimum absolute atomic E-state index is 0. The Labute approximate surface area is 71.6 Å². The van der Waals surface area contributed by atoms with Crippen LogP contribution in [0.4, 0.5) is 0 Å². The highest BCUT2D eigenvalue weighted by atomic mass is 35.5. The summed E-state index contributed by atoms with van der Waals surface area (Å²) in [5, 5.41) is 7.02. The number of hydrogen-bond donors (Lipinski definition) is 2. The minimum Gasteiger partial charge on any atom is -0.382 e. The van der Waals surface area contributed by atoms with Gasteiger partial charge in [0.15, 0.2) is 0 Å². The molecule has 1 aromatic heterocycles. The first-order valence-corrected chi connectivity index (χ1v) is 2.97. The van der Waals surface area contributed by atoms with E-state index in [2.05, 4.69) is 4.98 Å². The zero-order valence-corrected chi connectivity index (χ0v) is 6.98. The smallest absolute Gasteiger partial charge is 0.141 e. The van der Waals surface area contributed by atoms with Crippen LogP contribution in [0, 0.1) is 12.3 Å². The summed E-state index contributed by atoms with van der Waals surface area (Å²) in [6.07, 6.45) is 1.69. The van der Waals surface area contributed by atoms with E-state index in [0.717, 1.165) is 5.56 Å². The van der Waals surface area contributed by atoms with Crippen molar-refractivity contribution < 1.29 is 0 Å². The van der Waals surface area contributed by atoms with Gasteiger partial charge in [-0.05, 0) is 18.6 Å². The molecule has 0 aliphatic carbocycles. The molecule has 3 nitrogen and oxygen atoms in total. The molecule has 0 spiro atoms. The van der Waals surface area contributed by atoms with Gasteiger partial charge in [-0.15, -0.1) is 12.4 Å². The van der Waals surface area contributed by atoms with Crippen LogP contribution in [0.1, 0.15) is 11.3 Å². The quantitative estimate of drug-likeness (QED) is 0.491. The van der Waals surface area contributed by atoms with Gasteiger partial charge in [0.1, 0.15) is 11.5 Å². The average molecular weight is 172 g/mol. The van der Waals surface area contributed by atoms with Crippen molar-refractivity contribution in [1.82, 2.24) is 4.98 Å². The van der Waals surface area contributed by atoms with Crippen molar-refractivity contribution in [3.05, 3.63) is 29.6 Å². The van der Waals surface area contributed by atoms with E-state index in [-0.39, 0.29) is 18.2 Å². The van der Waals surface area contributed by atoms with Gasteiger partial charge in [0, 0.05) is 6.20 Å². The SMILES string of the molecule is Cc1ccc(C(=N)N)nc1.Cl. The van der Waals surface area contributed by atoms with Gasteiger partial charge in [-0.3, -0.25) is 10.4 Å². The number of hydrogen-bond acceptors (Lipinski definition) is 2. The lowest BCUT2D eigenvalue weighted by molar-refractivity contribution is 1.22. The molecular formula is C7H10ClN3. The van der Waals surface area contributed by atoms with Crippen LogP contribution < -0.4 is 5.73 Å². The molecule has 0 aromatic carbocycles. The van der Waals surface area contributed by atoms with Crippen molar-refractivity contribution in [3.8, 4) is 0 Å². The summed E-state index contributed by atoms with van der Waals surface area (Å²) in [5.74, 6) is 0.0139. The third-order valence-corrected chi connectivity index (χ3v) is 1.19. The molecule has 0 aliphatic heterocycles. The first kappa shape index (κ1) is 9.91. The van der Waals surface area contributed by atoms with Crippen LogP contribution in [0.15, 0.2) is 18.3 Å². The Balaban J connectivity index is 0.000001000. The van der Waals surface area contributed by atoms with E-state index in [1.54, 1.807) is 12.3 Å². The van der Waals surface area contributed by atoms with Gasteiger partial charge in [-0.2, -0.15) is 0 Å². The summed E-state index contributed by atoms with van der Waals surface area (Å²) >= 11 is 0. The van der Waals surface area contributed by atoms with Crippen molar-refractivity contribution in [3.63, 3.8) is 0 Å². The summed E-state index contributed by atoms with van der Waals surface area (Å²) in [6, 6.07) is 3.61. The number of pyridine rings is 1. The number of aryl methyl sites for hydroxylation is 1. The maximum Gasteiger partial charge on any atom is 0.141 e. The molecule has 3 N–H and O–H groups in total. The largest absolute Gasteiger partial charge is 0.382 e. The van der Waals surface area contributed by atoms with Gasteiger partial charge in [0.25, 0.3) is 0 Å². The van der Waals surface area contributed by atoms with E-state index in [0.29, 0.717) is 5.69 Å². The van der Waals surface area contributed by atoms with Crippen molar-refractivity contribution in [2.45, 2.75) is 6.92 Å². The van der Waals surface area contributed by atoms with Crippen molar-refractivity contribution in [2.24, 2.45) is 5.73 Å². The molecule has 0 aliphatic rings. The fourth-order valence-electron chi connectivity index (χ4n) is 0.627. The van der Waals surface area contributed by atoms with E-state index in [4.69, 9.17) is 11.1 Å². The fraction of sp³-hybridized carbons (Fsp3) is 0.143.